The predicted molar refractivity (Wildman–Crippen MR) is 37.2 cm³/mol. The number of aliphatic hydroxyl groups excluding tert-OH is 5. The summed E-state index contributed by atoms with van der Waals surface area (Å²) in [5.74, 6) is 0. The van der Waals surface area contributed by atoms with Gasteiger partial charge in [0.2, 0.25) is 0 Å². The molecular formula is C6H12O6. The van der Waals surface area contributed by atoms with Gasteiger partial charge >= 0.3 is 0 Å². The zero-order valence-electron chi connectivity index (χ0n) is 6.24. The number of aldehydes is 1. The molecule has 0 aliphatic carbocycles. The predicted octanol–water partition coefficient (Wildman–Crippen LogP) is -3.38. The first-order valence-electron chi connectivity index (χ1n) is 3.33. The Bertz CT molecular complexity index is 138. The van der Waals surface area contributed by atoms with Crippen LogP contribution < -0.4 is 0 Å². The van der Waals surface area contributed by atoms with E-state index in [2.05, 4.69) is 0 Å². The van der Waals surface area contributed by atoms with Crippen molar-refractivity contribution in [2.75, 3.05) is 6.61 Å². The minimum Gasteiger partial charge on any atom is -0.394 e. The SMILES string of the molecule is O=[13CH][13CH](O)[C@@H](O)[C@H](O)[C@H](O)CO. The van der Waals surface area contributed by atoms with E-state index >= 15 is 0 Å². The third-order valence-electron chi connectivity index (χ3n) is 1.42. The molecular weight excluding hydrogens is 170 g/mol. The van der Waals surface area contributed by atoms with Gasteiger partial charge in [-0.2, -0.15) is 0 Å². The zero-order valence-corrected chi connectivity index (χ0v) is 6.24. The van der Waals surface area contributed by atoms with E-state index in [1.807, 2.05) is 0 Å². The highest BCUT2D eigenvalue weighted by molar-refractivity contribution is 5.56. The Hall–Kier alpha value is -0.530. The van der Waals surface area contributed by atoms with Crippen LogP contribution in [0.2, 0.25) is 0 Å². The van der Waals surface area contributed by atoms with Crippen LogP contribution in [0, 0.1) is 0 Å². The molecule has 0 aromatic heterocycles. The minimum atomic E-state index is -1.79. The van der Waals surface area contributed by atoms with Gasteiger partial charge in [-0.05, 0) is 0 Å². The van der Waals surface area contributed by atoms with Gasteiger partial charge in [-0.15, -0.1) is 0 Å². The van der Waals surface area contributed by atoms with Crippen LogP contribution in [0.5, 0.6) is 0 Å². The van der Waals surface area contributed by atoms with Crippen LogP contribution in [0.3, 0.4) is 0 Å². The number of hydrogen-bond acceptors (Lipinski definition) is 6. The molecule has 0 aliphatic rings. The van der Waals surface area contributed by atoms with Gasteiger partial charge in [-0.3, -0.25) is 0 Å². The molecule has 6 nitrogen and oxygen atoms in total. The van der Waals surface area contributed by atoms with Crippen LogP contribution in [0.1, 0.15) is 0 Å². The first kappa shape index (κ1) is 11.5. The highest BCUT2D eigenvalue weighted by Gasteiger charge is 2.29. The summed E-state index contributed by atoms with van der Waals surface area (Å²) in [7, 11) is 0. The second-order valence-corrected chi connectivity index (χ2v) is 2.36. The Morgan fingerprint density at radius 2 is 1.58 bits per heavy atom. The Kier molecular flexibility index (Phi) is 4.95. The molecule has 0 saturated heterocycles. The van der Waals surface area contributed by atoms with E-state index in [-0.39, 0.29) is 6.29 Å². The van der Waals surface area contributed by atoms with Gasteiger partial charge in [-0.25, -0.2) is 0 Å². The third kappa shape index (κ3) is 2.84. The summed E-state index contributed by atoms with van der Waals surface area (Å²) in [6.45, 7) is -0.760. The maximum Gasteiger partial charge on any atom is 0.151 e. The van der Waals surface area contributed by atoms with Crippen LogP contribution in [0.4, 0.5) is 0 Å². The van der Waals surface area contributed by atoms with Crippen molar-refractivity contribution in [2.24, 2.45) is 0 Å². The quantitative estimate of drug-likeness (QED) is 0.223. The average Bonchev–Trinajstić information content (AvgIpc) is 2.12. The van der Waals surface area contributed by atoms with Crippen LogP contribution in [-0.4, -0.2) is 62.8 Å². The Labute approximate surface area is 68.7 Å². The molecule has 0 fully saturated rings. The number of hydrogen-bond donors (Lipinski definition) is 5. The summed E-state index contributed by atoms with van der Waals surface area (Å²) >= 11 is 0. The molecule has 0 bridgehead atoms. The molecule has 0 spiro atoms. The fraction of sp³-hybridized carbons (Fsp3) is 0.833. The monoisotopic (exact) mass is 182 g/mol. The summed E-state index contributed by atoms with van der Waals surface area (Å²) in [6, 6.07) is 0. The van der Waals surface area contributed by atoms with Crippen molar-refractivity contribution in [3.63, 3.8) is 0 Å². The molecule has 0 aromatic carbocycles. The maximum atomic E-state index is 9.90. The minimum absolute atomic E-state index is 0.0258. The molecule has 0 amide bonds. The Morgan fingerprint density at radius 1 is 1.08 bits per heavy atom. The first-order valence-corrected chi connectivity index (χ1v) is 3.33. The third-order valence-corrected chi connectivity index (χ3v) is 1.42. The normalized spacial score (nSPS) is 21.1. The Morgan fingerprint density at radius 3 is 1.92 bits per heavy atom. The van der Waals surface area contributed by atoms with Gasteiger partial charge in [0.25, 0.3) is 0 Å². The summed E-state index contributed by atoms with van der Waals surface area (Å²) in [6.07, 6.45) is -6.84. The van der Waals surface area contributed by atoms with Crippen LogP contribution >= 0.6 is 0 Å². The Balaban J connectivity index is 4.07. The number of carbonyl (C=O) groups is 1. The van der Waals surface area contributed by atoms with Crippen molar-refractivity contribution in [1.82, 2.24) is 0 Å². The number of aliphatic hydroxyl groups is 5. The van der Waals surface area contributed by atoms with Crippen molar-refractivity contribution < 1.29 is 30.3 Å². The highest BCUT2D eigenvalue weighted by Crippen LogP contribution is 2.02. The van der Waals surface area contributed by atoms with E-state index in [0.29, 0.717) is 0 Å². The van der Waals surface area contributed by atoms with Crippen molar-refractivity contribution in [2.45, 2.75) is 24.4 Å². The molecule has 12 heavy (non-hydrogen) atoms. The van der Waals surface area contributed by atoms with Crippen LogP contribution in [-0.2, 0) is 4.79 Å². The van der Waals surface area contributed by atoms with Gasteiger partial charge in [0.05, 0.1) is 6.61 Å². The molecule has 0 aliphatic heterocycles. The largest absolute Gasteiger partial charge is 0.394 e. The van der Waals surface area contributed by atoms with E-state index in [9.17, 15) is 4.79 Å². The van der Waals surface area contributed by atoms with E-state index in [1.165, 1.54) is 0 Å². The molecule has 6 heteroatoms. The van der Waals surface area contributed by atoms with Crippen molar-refractivity contribution >= 4 is 6.29 Å². The molecule has 0 heterocycles. The molecule has 4 atom stereocenters. The summed E-state index contributed by atoms with van der Waals surface area (Å²) in [5, 5.41) is 43.5. The van der Waals surface area contributed by atoms with Crippen molar-refractivity contribution in [1.29, 1.82) is 0 Å². The topological polar surface area (TPSA) is 118 Å². The molecule has 0 rings (SSSR count). The first-order chi connectivity index (χ1) is 5.54. The highest BCUT2D eigenvalue weighted by atomic mass is 16.4. The van der Waals surface area contributed by atoms with E-state index in [4.69, 9.17) is 25.5 Å². The summed E-state index contributed by atoms with van der Waals surface area (Å²) < 4.78 is 0. The number of carbonyl (C=O) groups excluding carboxylic acids is 1. The molecule has 72 valence electrons. The van der Waals surface area contributed by atoms with Gasteiger partial charge in [0.1, 0.15) is 24.4 Å². The fourth-order valence-electron chi connectivity index (χ4n) is 0.618. The second kappa shape index (κ2) is 5.18. The van der Waals surface area contributed by atoms with Gasteiger partial charge < -0.3 is 30.3 Å². The lowest BCUT2D eigenvalue weighted by Crippen LogP contribution is -2.46. The van der Waals surface area contributed by atoms with Crippen LogP contribution in [0.25, 0.3) is 0 Å². The molecule has 5 N–H and O–H groups in total. The molecule has 0 saturated carbocycles. The van der Waals surface area contributed by atoms with Crippen LogP contribution in [0.15, 0.2) is 0 Å². The molecule has 0 aromatic rings. The fourth-order valence-corrected chi connectivity index (χ4v) is 0.618. The van der Waals surface area contributed by atoms with E-state index < -0.39 is 31.0 Å². The van der Waals surface area contributed by atoms with Gasteiger partial charge in [0, 0.05) is 0 Å². The molecule has 0 radical (unpaired) electrons. The smallest absolute Gasteiger partial charge is 0.151 e. The lowest BCUT2D eigenvalue weighted by Gasteiger charge is -2.22. The van der Waals surface area contributed by atoms with Gasteiger partial charge in [-0.1, -0.05) is 0 Å². The summed E-state index contributed by atoms with van der Waals surface area (Å²) in [5.41, 5.74) is 0. The van der Waals surface area contributed by atoms with E-state index in [1.54, 1.807) is 0 Å². The standard InChI is InChI=1S/C6H12O6/c7-1-3(9)5(11)6(12)4(10)2-8/h1,3-6,8-12H,2H2/t3?,4-,5-,6-/m1/s1/i1+1,3+1. The van der Waals surface area contributed by atoms with E-state index in [0.717, 1.165) is 0 Å². The van der Waals surface area contributed by atoms with Crippen molar-refractivity contribution in [3.05, 3.63) is 0 Å². The average molecular weight is 182 g/mol. The second-order valence-electron chi connectivity index (χ2n) is 2.36. The zero-order chi connectivity index (χ0) is 9.72. The van der Waals surface area contributed by atoms with Gasteiger partial charge in [0.15, 0.2) is 6.29 Å². The molecule has 1 unspecified atom stereocenters. The lowest BCUT2D eigenvalue weighted by molar-refractivity contribution is -0.136. The maximum absolute atomic E-state index is 9.90. The van der Waals surface area contributed by atoms with Crippen molar-refractivity contribution in [3.8, 4) is 0 Å². The summed E-state index contributed by atoms with van der Waals surface area (Å²) in [4.78, 5) is 9.90. The number of rotatable bonds is 5. The lowest BCUT2D eigenvalue weighted by atomic mass is 10.1.